The summed E-state index contributed by atoms with van der Waals surface area (Å²) in [6, 6.07) is 11.8. The minimum absolute atomic E-state index is 0.308. The van der Waals surface area contributed by atoms with E-state index < -0.39 is 0 Å². The predicted molar refractivity (Wildman–Crippen MR) is 109 cm³/mol. The van der Waals surface area contributed by atoms with Crippen molar-refractivity contribution in [3.63, 3.8) is 0 Å². The second-order valence-corrected chi connectivity index (χ2v) is 8.24. The van der Waals surface area contributed by atoms with Gasteiger partial charge in [-0.3, -0.25) is 0 Å². The van der Waals surface area contributed by atoms with Gasteiger partial charge in [0.25, 0.3) is 5.19 Å². The lowest BCUT2D eigenvalue weighted by molar-refractivity contribution is 0.106. The molecular formula is C21H21N3O3S. The van der Waals surface area contributed by atoms with Crippen LogP contribution in [0.4, 0.5) is 0 Å². The summed E-state index contributed by atoms with van der Waals surface area (Å²) in [6.07, 6.45) is 3.16. The van der Waals surface area contributed by atoms with Crippen molar-refractivity contribution in [2.45, 2.75) is 26.0 Å². The summed E-state index contributed by atoms with van der Waals surface area (Å²) in [5.74, 6) is 2.26. The lowest BCUT2D eigenvalue weighted by Crippen LogP contribution is -2.25. The van der Waals surface area contributed by atoms with E-state index in [2.05, 4.69) is 28.3 Å². The van der Waals surface area contributed by atoms with E-state index in [4.69, 9.17) is 13.9 Å². The maximum atomic E-state index is 5.98. The van der Waals surface area contributed by atoms with Crippen LogP contribution in [0.3, 0.4) is 0 Å². The molecule has 4 aromatic rings. The molecule has 0 aliphatic carbocycles. The summed E-state index contributed by atoms with van der Waals surface area (Å²) in [6.45, 7) is 4.62. The molecule has 0 radical (unpaired) electrons. The molecule has 1 N–H and O–H groups in total. The summed E-state index contributed by atoms with van der Waals surface area (Å²) < 4.78 is 18.6. The highest BCUT2D eigenvalue weighted by atomic mass is 32.1. The van der Waals surface area contributed by atoms with Crippen LogP contribution in [0.2, 0.25) is 0 Å². The van der Waals surface area contributed by atoms with Gasteiger partial charge in [0.15, 0.2) is 5.65 Å². The smallest absolute Gasteiger partial charge is 0.281 e. The molecule has 0 saturated carbocycles. The summed E-state index contributed by atoms with van der Waals surface area (Å²) >= 11 is 1.48. The molecular weight excluding hydrogens is 374 g/mol. The van der Waals surface area contributed by atoms with Crippen molar-refractivity contribution < 1.29 is 13.9 Å². The maximum Gasteiger partial charge on any atom is 0.281 e. The van der Waals surface area contributed by atoms with E-state index in [0.29, 0.717) is 35.2 Å². The fraction of sp³-hybridized carbons (Fsp3) is 0.333. The van der Waals surface area contributed by atoms with Gasteiger partial charge in [-0.2, -0.15) is 4.98 Å². The number of thiazole rings is 1. The largest absolute Gasteiger partial charge is 0.460 e. The van der Waals surface area contributed by atoms with Gasteiger partial charge in [0.1, 0.15) is 17.1 Å². The zero-order valence-electron chi connectivity index (χ0n) is 15.6. The van der Waals surface area contributed by atoms with Gasteiger partial charge in [0.05, 0.1) is 17.3 Å². The number of nitrogens with one attached hydrogen (secondary N) is 1. The SMILES string of the molecule is C[C@H]1CO[C@H](CNCc2cc3ccc(Oc4nc5ncccc5s4)cc3o2)C1. The van der Waals surface area contributed by atoms with Crippen LogP contribution in [0.25, 0.3) is 21.3 Å². The van der Waals surface area contributed by atoms with Crippen molar-refractivity contribution in [1.29, 1.82) is 0 Å². The van der Waals surface area contributed by atoms with E-state index in [9.17, 15) is 0 Å². The van der Waals surface area contributed by atoms with Gasteiger partial charge in [-0.15, -0.1) is 0 Å². The Morgan fingerprint density at radius 2 is 2.25 bits per heavy atom. The lowest BCUT2D eigenvalue weighted by Gasteiger charge is -2.09. The van der Waals surface area contributed by atoms with Crippen molar-refractivity contribution in [2.75, 3.05) is 13.2 Å². The lowest BCUT2D eigenvalue weighted by atomic mass is 10.1. The van der Waals surface area contributed by atoms with Crippen molar-refractivity contribution in [3.8, 4) is 10.9 Å². The van der Waals surface area contributed by atoms with E-state index in [1.807, 2.05) is 30.3 Å². The second kappa shape index (κ2) is 7.50. The van der Waals surface area contributed by atoms with Gasteiger partial charge in [0.2, 0.25) is 0 Å². The van der Waals surface area contributed by atoms with E-state index in [1.54, 1.807) is 6.20 Å². The molecule has 0 spiro atoms. The molecule has 7 heteroatoms. The molecule has 0 bridgehead atoms. The number of aromatic nitrogens is 2. The Balaban J connectivity index is 1.25. The Hall–Kier alpha value is -2.48. The highest BCUT2D eigenvalue weighted by molar-refractivity contribution is 7.20. The molecule has 1 aromatic carbocycles. The van der Waals surface area contributed by atoms with Crippen LogP contribution in [-0.4, -0.2) is 29.2 Å². The average molecular weight is 395 g/mol. The molecule has 144 valence electrons. The van der Waals surface area contributed by atoms with E-state index in [1.165, 1.54) is 11.3 Å². The Labute approximate surface area is 166 Å². The Morgan fingerprint density at radius 1 is 1.29 bits per heavy atom. The van der Waals surface area contributed by atoms with Crippen LogP contribution in [0, 0.1) is 5.92 Å². The molecule has 1 saturated heterocycles. The maximum absolute atomic E-state index is 5.98. The summed E-state index contributed by atoms with van der Waals surface area (Å²) in [5, 5.41) is 5.06. The minimum Gasteiger partial charge on any atom is -0.460 e. The van der Waals surface area contributed by atoms with Crippen LogP contribution in [0.15, 0.2) is 47.0 Å². The van der Waals surface area contributed by atoms with Gasteiger partial charge in [-0.25, -0.2) is 4.98 Å². The first-order chi connectivity index (χ1) is 13.7. The van der Waals surface area contributed by atoms with Gasteiger partial charge in [-0.1, -0.05) is 18.3 Å². The van der Waals surface area contributed by atoms with E-state index >= 15 is 0 Å². The number of furan rings is 1. The van der Waals surface area contributed by atoms with Crippen molar-refractivity contribution >= 4 is 32.7 Å². The molecule has 0 amide bonds. The summed E-state index contributed by atoms with van der Waals surface area (Å²) in [5.41, 5.74) is 1.51. The molecule has 1 fully saturated rings. The Morgan fingerprint density at radius 3 is 3.11 bits per heavy atom. The number of nitrogens with zero attached hydrogens (tertiary/aromatic N) is 2. The number of rotatable bonds is 6. The molecule has 2 atom stereocenters. The van der Waals surface area contributed by atoms with Gasteiger partial charge < -0.3 is 19.2 Å². The molecule has 4 heterocycles. The quantitative estimate of drug-likeness (QED) is 0.508. The predicted octanol–water partition coefficient (Wildman–Crippen LogP) is 4.74. The minimum atomic E-state index is 0.308. The fourth-order valence-corrected chi connectivity index (χ4v) is 4.29. The third-order valence-corrected chi connectivity index (χ3v) is 5.73. The first-order valence-corrected chi connectivity index (χ1v) is 10.3. The fourth-order valence-electron chi connectivity index (χ4n) is 3.49. The van der Waals surface area contributed by atoms with E-state index in [0.717, 1.165) is 41.0 Å². The Kier molecular flexibility index (Phi) is 4.72. The van der Waals surface area contributed by atoms with Crippen LogP contribution < -0.4 is 10.1 Å². The van der Waals surface area contributed by atoms with Crippen LogP contribution in [0.1, 0.15) is 19.1 Å². The highest BCUT2D eigenvalue weighted by Crippen LogP contribution is 2.32. The summed E-state index contributed by atoms with van der Waals surface area (Å²) in [4.78, 5) is 8.65. The molecule has 1 aliphatic heterocycles. The average Bonchev–Trinajstić information content (AvgIpc) is 3.39. The number of benzene rings is 1. The second-order valence-electron chi connectivity index (χ2n) is 7.25. The zero-order valence-corrected chi connectivity index (χ0v) is 16.4. The molecule has 28 heavy (non-hydrogen) atoms. The monoisotopic (exact) mass is 395 g/mol. The standard InChI is InChI=1S/C21H21N3O3S/c1-13-7-16(25-12-13)10-22-11-17-8-14-4-5-15(9-18(14)26-17)27-21-24-20-19(28-21)3-2-6-23-20/h2-6,8-9,13,16,22H,7,10-12H2,1H3/t13-,16+/m1/s1. The van der Waals surface area contributed by atoms with Crippen molar-refractivity contribution in [3.05, 3.63) is 48.4 Å². The topological polar surface area (TPSA) is 69.4 Å². The number of fused-ring (bicyclic) bond motifs is 2. The first kappa shape index (κ1) is 17.6. The number of hydrogen-bond donors (Lipinski definition) is 1. The Bertz CT molecular complexity index is 1070. The molecule has 3 aromatic heterocycles. The van der Waals surface area contributed by atoms with Crippen LogP contribution in [0.5, 0.6) is 10.9 Å². The molecule has 0 unspecified atom stereocenters. The summed E-state index contributed by atoms with van der Waals surface area (Å²) in [7, 11) is 0. The van der Waals surface area contributed by atoms with Gasteiger partial charge in [-0.05, 0) is 42.7 Å². The van der Waals surface area contributed by atoms with Crippen molar-refractivity contribution in [1.82, 2.24) is 15.3 Å². The highest BCUT2D eigenvalue weighted by Gasteiger charge is 2.21. The molecule has 5 rings (SSSR count). The van der Waals surface area contributed by atoms with Gasteiger partial charge in [0, 0.05) is 30.8 Å². The number of hydrogen-bond acceptors (Lipinski definition) is 7. The molecule has 6 nitrogen and oxygen atoms in total. The van der Waals surface area contributed by atoms with Crippen molar-refractivity contribution in [2.24, 2.45) is 5.92 Å². The number of ether oxygens (including phenoxy) is 2. The molecule has 1 aliphatic rings. The number of pyridine rings is 1. The van der Waals surface area contributed by atoms with Crippen LogP contribution in [-0.2, 0) is 11.3 Å². The zero-order chi connectivity index (χ0) is 18.9. The normalized spacial score (nSPS) is 19.6. The van der Waals surface area contributed by atoms with Gasteiger partial charge >= 0.3 is 0 Å². The first-order valence-electron chi connectivity index (χ1n) is 9.47. The third kappa shape index (κ3) is 3.73. The third-order valence-electron chi connectivity index (χ3n) is 4.85. The van der Waals surface area contributed by atoms with Crippen LogP contribution >= 0.6 is 11.3 Å². The van der Waals surface area contributed by atoms with E-state index in [-0.39, 0.29) is 0 Å².